The lowest BCUT2D eigenvalue weighted by Gasteiger charge is -2.08. The number of amides is 1. The topological polar surface area (TPSA) is 136 Å². The Kier molecular flexibility index (Phi) is 5.96. The highest BCUT2D eigenvalue weighted by Crippen LogP contribution is 2.37. The van der Waals surface area contributed by atoms with Crippen molar-refractivity contribution < 1.29 is 18.3 Å². The molecule has 0 saturated heterocycles. The summed E-state index contributed by atoms with van der Waals surface area (Å²) in [6.07, 6.45) is 0.295. The van der Waals surface area contributed by atoms with Gasteiger partial charge in [-0.05, 0) is 47.7 Å². The number of hydrogen-bond acceptors (Lipinski definition) is 6. The number of aliphatic imine (C=N–C) groups is 1. The molecule has 10 heteroatoms. The van der Waals surface area contributed by atoms with Crippen LogP contribution >= 0.6 is 23.1 Å². The van der Waals surface area contributed by atoms with Gasteiger partial charge >= 0.3 is 6.09 Å². The van der Waals surface area contributed by atoms with E-state index in [-0.39, 0.29) is 20.5 Å². The first-order valence-corrected chi connectivity index (χ1v) is 11.7. The third kappa shape index (κ3) is 4.44. The standard InChI is InChI=1S/C19H17N3O4S3/c1-27-18-16(10-15(28-18)17(21)22-19(23)24)29(25,26)14-7-3-5-12(9-14)11-4-2-6-13(20)8-11/h2-10H,20H2,1H3,(H2,21,22)(H,23,24). The van der Waals surface area contributed by atoms with Gasteiger partial charge in [-0.1, -0.05) is 24.3 Å². The molecule has 2 aromatic carbocycles. The molecule has 7 nitrogen and oxygen atoms in total. The minimum Gasteiger partial charge on any atom is -0.463 e. The highest BCUT2D eigenvalue weighted by atomic mass is 32.2. The third-order valence-electron chi connectivity index (χ3n) is 3.97. The van der Waals surface area contributed by atoms with Crippen molar-refractivity contribution in [3.8, 4) is 11.1 Å². The lowest BCUT2D eigenvalue weighted by atomic mass is 10.1. The summed E-state index contributed by atoms with van der Waals surface area (Å²) in [5.74, 6) is -0.243. The monoisotopic (exact) mass is 447 g/mol. The average Bonchev–Trinajstić information content (AvgIpc) is 3.13. The van der Waals surface area contributed by atoms with Crippen LogP contribution in [0.4, 0.5) is 10.5 Å². The zero-order valence-corrected chi connectivity index (χ0v) is 17.6. The van der Waals surface area contributed by atoms with Gasteiger partial charge in [-0.3, -0.25) is 0 Å². The van der Waals surface area contributed by atoms with Crippen LogP contribution < -0.4 is 11.5 Å². The van der Waals surface area contributed by atoms with Gasteiger partial charge in [-0.15, -0.1) is 23.1 Å². The second-order valence-corrected chi connectivity index (χ2v) is 9.95. The van der Waals surface area contributed by atoms with Crippen molar-refractivity contribution in [2.45, 2.75) is 14.0 Å². The molecule has 3 rings (SSSR count). The quantitative estimate of drug-likeness (QED) is 0.233. The first-order chi connectivity index (χ1) is 13.7. The number of thiophene rings is 1. The molecule has 29 heavy (non-hydrogen) atoms. The largest absolute Gasteiger partial charge is 0.463 e. The van der Waals surface area contributed by atoms with Gasteiger partial charge in [0.05, 0.1) is 18.9 Å². The van der Waals surface area contributed by atoms with Crippen LogP contribution in [-0.2, 0) is 9.84 Å². The van der Waals surface area contributed by atoms with E-state index in [4.69, 9.17) is 16.6 Å². The van der Waals surface area contributed by atoms with Crippen LogP contribution in [0, 0.1) is 0 Å². The molecule has 0 aliphatic heterocycles. The van der Waals surface area contributed by atoms with Crippen LogP contribution in [-0.4, -0.2) is 31.7 Å². The van der Waals surface area contributed by atoms with Gasteiger partial charge in [-0.25, -0.2) is 13.2 Å². The molecule has 0 bridgehead atoms. The molecule has 1 heterocycles. The maximum absolute atomic E-state index is 13.3. The van der Waals surface area contributed by atoms with Crippen LogP contribution in [0.2, 0.25) is 0 Å². The smallest absolute Gasteiger partial charge is 0.433 e. The van der Waals surface area contributed by atoms with Crippen molar-refractivity contribution in [2.75, 3.05) is 12.0 Å². The molecule has 0 radical (unpaired) electrons. The fraction of sp³-hybridized carbons (Fsp3) is 0.0526. The average molecular weight is 448 g/mol. The number of carboxylic acid groups (broad SMARTS) is 1. The number of rotatable bonds is 5. The molecule has 1 aromatic heterocycles. The number of sulfone groups is 1. The van der Waals surface area contributed by atoms with E-state index in [0.29, 0.717) is 15.5 Å². The molecule has 0 unspecified atom stereocenters. The summed E-state index contributed by atoms with van der Waals surface area (Å²) in [5.41, 5.74) is 13.6. The summed E-state index contributed by atoms with van der Waals surface area (Å²) in [6.45, 7) is 0. The van der Waals surface area contributed by atoms with Gasteiger partial charge in [0.2, 0.25) is 9.84 Å². The Morgan fingerprint density at radius 1 is 1.10 bits per heavy atom. The number of carbonyl (C=O) groups is 1. The predicted octanol–water partition coefficient (Wildman–Crippen LogP) is 3.94. The normalized spacial score (nSPS) is 12.1. The fourth-order valence-corrected chi connectivity index (χ4v) is 6.60. The number of amidine groups is 1. The minimum absolute atomic E-state index is 0.0678. The van der Waals surface area contributed by atoms with E-state index in [0.717, 1.165) is 16.9 Å². The van der Waals surface area contributed by atoms with Crippen LogP contribution in [0.3, 0.4) is 0 Å². The Morgan fingerprint density at radius 2 is 1.76 bits per heavy atom. The summed E-state index contributed by atoms with van der Waals surface area (Å²) >= 11 is 2.32. The Morgan fingerprint density at radius 3 is 2.38 bits per heavy atom. The van der Waals surface area contributed by atoms with Gasteiger partial charge in [0.25, 0.3) is 0 Å². The molecule has 0 atom stereocenters. The van der Waals surface area contributed by atoms with Crippen molar-refractivity contribution in [2.24, 2.45) is 10.7 Å². The van der Waals surface area contributed by atoms with Crippen LogP contribution in [0.5, 0.6) is 0 Å². The highest BCUT2D eigenvalue weighted by molar-refractivity contribution is 8.01. The molecule has 0 spiro atoms. The Hall–Kier alpha value is -2.82. The second-order valence-electron chi connectivity index (χ2n) is 5.90. The van der Waals surface area contributed by atoms with Gasteiger partial charge in [0, 0.05) is 5.69 Å². The Balaban J connectivity index is 2.09. The summed E-state index contributed by atoms with van der Waals surface area (Å²) < 4.78 is 27.1. The van der Waals surface area contributed by atoms with Crippen molar-refractivity contribution >= 4 is 50.6 Å². The van der Waals surface area contributed by atoms with Crippen LogP contribution in [0.25, 0.3) is 11.1 Å². The molecule has 1 amide bonds. The van der Waals surface area contributed by atoms with Crippen molar-refractivity contribution in [3.63, 3.8) is 0 Å². The van der Waals surface area contributed by atoms with Crippen molar-refractivity contribution in [1.82, 2.24) is 0 Å². The highest BCUT2D eigenvalue weighted by Gasteiger charge is 2.25. The number of nitrogen functional groups attached to an aromatic ring is 1. The van der Waals surface area contributed by atoms with E-state index in [9.17, 15) is 13.2 Å². The van der Waals surface area contributed by atoms with Gasteiger partial charge in [0.15, 0.2) is 0 Å². The van der Waals surface area contributed by atoms with Crippen molar-refractivity contribution in [1.29, 1.82) is 0 Å². The number of nitrogens with two attached hydrogens (primary N) is 2. The number of hydrogen-bond donors (Lipinski definition) is 3. The number of thioether (sulfide) groups is 1. The summed E-state index contributed by atoms with van der Waals surface area (Å²) in [4.78, 5) is 14.5. The minimum atomic E-state index is -3.86. The van der Waals surface area contributed by atoms with E-state index < -0.39 is 15.9 Å². The van der Waals surface area contributed by atoms with Gasteiger partial charge in [0.1, 0.15) is 5.84 Å². The van der Waals surface area contributed by atoms with Crippen LogP contribution in [0.15, 0.2) is 73.6 Å². The number of benzene rings is 2. The SMILES string of the molecule is CSc1sc(/C(N)=N\C(=O)O)cc1S(=O)(=O)c1cccc(-c2cccc(N)c2)c1. The maximum Gasteiger partial charge on any atom is 0.433 e. The van der Waals surface area contributed by atoms with E-state index in [1.54, 1.807) is 42.7 Å². The maximum atomic E-state index is 13.3. The van der Waals surface area contributed by atoms with E-state index >= 15 is 0 Å². The number of anilines is 1. The fourth-order valence-electron chi connectivity index (χ4n) is 2.66. The molecular formula is C19H17N3O4S3. The van der Waals surface area contributed by atoms with Crippen LogP contribution in [0.1, 0.15) is 4.88 Å². The lowest BCUT2D eigenvalue weighted by molar-refractivity contribution is 0.205. The first-order valence-electron chi connectivity index (χ1n) is 8.18. The molecule has 0 fully saturated rings. The summed E-state index contributed by atoms with van der Waals surface area (Å²) in [7, 11) is -3.86. The van der Waals surface area contributed by atoms with E-state index in [1.165, 1.54) is 23.9 Å². The van der Waals surface area contributed by atoms with Gasteiger partial charge < -0.3 is 16.6 Å². The van der Waals surface area contributed by atoms with E-state index in [2.05, 4.69) is 4.99 Å². The van der Waals surface area contributed by atoms with Gasteiger partial charge in [-0.2, -0.15) is 4.99 Å². The molecule has 3 aromatic rings. The molecule has 5 N–H and O–H groups in total. The zero-order chi connectivity index (χ0) is 21.2. The lowest BCUT2D eigenvalue weighted by Crippen LogP contribution is -2.13. The predicted molar refractivity (Wildman–Crippen MR) is 117 cm³/mol. The molecule has 150 valence electrons. The second kappa shape index (κ2) is 8.27. The van der Waals surface area contributed by atoms with Crippen molar-refractivity contribution in [3.05, 3.63) is 59.5 Å². The Bertz CT molecular complexity index is 1220. The Labute approximate surface area is 176 Å². The summed E-state index contributed by atoms with van der Waals surface area (Å²) in [5, 5.41) is 8.78. The number of nitrogens with zero attached hydrogens (tertiary/aromatic N) is 1. The molecule has 0 aliphatic carbocycles. The molecule has 0 aliphatic rings. The zero-order valence-electron chi connectivity index (χ0n) is 15.2. The molecular weight excluding hydrogens is 430 g/mol. The summed E-state index contributed by atoms with van der Waals surface area (Å²) in [6, 6.07) is 15.1. The molecule has 0 saturated carbocycles. The first kappa shape index (κ1) is 20.9. The van der Waals surface area contributed by atoms with E-state index in [1.807, 2.05) is 6.07 Å². The third-order valence-corrected chi connectivity index (χ3v) is 8.30.